The quantitative estimate of drug-likeness (QED) is 0.672. The van der Waals surface area contributed by atoms with E-state index in [4.69, 9.17) is 0 Å². The standard InChI is InChI=1S/C18H16F2N4OS/c1-24-16(9-12-5-3-2-4-6-12)22-23-18(24)26-11-17(25)21-15-10-13(19)7-8-14(15)20/h2-8,10H,9,11H2,1H3,(H,21,25). The summed E-state index contributed by atoms with van der Waals surface area (Å²) in [5.41, 5.74) is 0.928. The highest BCUT2D eigenvalue weighted by Gasteiger charge is 2.13. The molecule has 0 aliphatic rings. The molecule has 1 N–H and O–H groups in total. The number of hydrogen-bond acceptors (Lipinski definition) is 4. The summed E-state index contributed by atoms with van der Waals surface area (Å²) in [7, 11) is 1.82. The zero-order valence-corrected chi connectivity index (χ0v) is 14.8. The summed E-state index contributed by atoms with van der Waals surface area (Å²) in [6, 6.07) is 12.8. The minimum absolute atomic E-state index is 0.00721. The maximum Gasteiger partial charge on any atom is 0.234 e. The van der Waals surface area contributed by atoms with Crippen LogP contribution in [-0.4, -0.2) is 26.4 Å². The Labute approximate surface area is 153 Å². The Morgan fingerprint density at radius 3 is 2.69 bits per heavy atom. The summed E-state index contributed by atoms with van der Waals surface area (Å²) >= 11 is 1.18. The molecule has 2 aromatic carbocycles. The predicted molar refractivity (Wildman–Crippen MR) is 96.0 cm³/mol. The van der Waals surface area contributed by atoms with Gasteiger partial charge in [0.25, 0.3) is 0 Å². The van der Waals surface area contributed by atoms with E-state index in [2.05, 4.69) is 15.5 Å². The molecule has 0 aliphatic carbocycles. The Bertz CT molecular complexity index is 915. The first-order valence-electron chi connectivity index (χ1n) is 7.83. The van der Waals surface area contributed by atoms with Crippen LogP contribution in [0.15, 0.2) is 53.7 Å². The number of benzene rings is 2. The normalized spacial score (nSPS) is 10.7. The van der Waals surface area contributed by atoms with Gasteiger partial charge in [-0.2, -0.15) is 0 Å². The molecule has 8 heteroatoms. The second kappa shape index (κ2) is 8.09. The average molecular weight is 374 g/mol. The largest absolute Gasteiger partial charge is 0.323 e. The molecule has 0 atom stereocenters. The van der Waals surface area contributed by atoms with Gasteiger partial charge in [-0.3, -0.25) is 4.79 Å². The van der Waals surface area contributed by atoms with E-state index < -0.39 is 17.5 Å². The fourth-order valence-corrected chi connectivity index (χ4v) is 3.04. The van der Waals surface area contributed by atoms with Gasteiger partial charge in [0.15, 0.2) is 5.16 Å². The third kappa shape index (κ3) is 4.45. The van der Waals surface area contributed by atoms with Crippen molar-refractivity contribution in [2.75, 3.05) is 11.1 Å². The minimum atomic E-state index is -0.687. The minimum Gasteiger partial charge on any atom is -0.323 e. The Morgan fingerprint density at radius 2 is 1.92 bits per heavy atom. The Kier molecular flexibility index (Phi) is 5.62. The SMILES string of the molecule is Cn1c(Cc2ccccc2)nnc1SCC(=O)Nc1cc(F)ccc1F. The molecule has 5 nitrogen and oxygen atoms in total. The summed E-state index contributed by atoms with van der Waals surface area (Å²) in [5, 5.41) is 11.2. The zero-order chi connectivity index (χ0) is 18.5. The summed E-state index contributed by atoms with van der Waals surface area (Å²) < 4.78 is 28.5. The molecule has 134 valence electrons. The van der Waals surface area contributed by atoms with Gasteiger partial charge in [-0.1, -0.05) is 42.1 Å². The Balaban J connectivity index is 1.59. The smallest absolute Gasteiger partial charge is 0.234 e. The molecule has 1 aromatic heterocycles. The van der Waals surface area contributed by atoms with Gasteiger partial charge in [-0.25, -0.2) is 8.78 Å². The maximum atomic E-state index is 13.6. The van der Waals surface area contributed by atoms with Gasteiger partial charge in [0, 0.05) is 19.5 Å². The summed E-state index contributed by atoms with van der Waals surface area (Å²) in [6.07, 6.45) is 0.631. The third-order valence-electron chi connectivity index (χ3n) is 3.67. The van der Waals surface area contributed by atoms with E-state index in [1.54, 1.807) is 0 Å². The number of nitrogens with one attached hydrogen (secondary N) is 1. The molecule has 1 amide bonds. The van der Waals surface area contributed by atoms with Crippen LogP contribution < -0.4 is 5.32 Å². The molecular weight excluding hydrogens is 358 g/mol. The van der Waals surface area contributed by atoms with E-state index in [9.17, 15) is 13.6 Å². The lowest BCUT2D eigenvalue weighted by atomic mass is 10.1. The van der Waals surface area contributed by atoms with E-state index in [1.807, 2.05) is 41.9 Å². The highest BCUT2D eigenvalue weighted by Crippen LogP contribution is 2.19. The van der Waals surface area contributed by atoms with Crippen LogP contribution in [0.4, 0.5) is 14.5 Å². The van der Waals surface area contributed by atoms with Crippen LogP contribution in [0.2, 0.25) is 0 Å². The molecule has 0 saturated heterocycles. The maximum absolute atomic E-state index is 13.6. The average Bonchev–Trinajstić information content (AvgIpc) is 2.97. The van der Waals surface area contributed by atoms with Gasteiger partial charge in [0.2, 0.25) is 5.91 Å². The predicted octanol–water partition coefficient (Wildman–Crippen LogP) is 3.41. The first kappa shape index (κ1) is 18.1. The Hall–Kier alpha value is -2.74. The van der Waals surface area contributed by atoms with Crippen molar-refractivity contribution in [2.24, 2.45) is 7.05 Å². The third-order valence-corrected chi connectivity index (χ3v) is 4.69. The lowest BCUT2D eigenvalue weighted by molar-refractivity contribution is -0.113. The van der Waals surface area contributed by atoms with Crippen LogP contribution >= 0.6 is 11.8 Å². The van der Waals surface area contributed by atoms with Gasteiger partial charge in [-0.05, 0) is 17.7 Å². The van der Waals surface area contributed by atoms with Gasteiger partial charge >= 0.3 is 0 Å². The van der Waals surface area contributed by atoms with Crippen LogP contribution in [0.5, 0.6) is 0 Å². The van der Waals surface area contributed by atoms with Crippen molar-refractivity contribution >= 4 is 23.4 Å². The van der Waals surface area contributed by atoms with Gasteiger partial charge in [0.05, 0.1) is 11.4 Å². The molecule has 0 bridgehead atoms. The fourth-order valence-electron chi connectivity index (χ4n) is 2.31. The molecule has 0 spiro atoms. The van der Waals surface area contributed by atoms with E-state index in [-0.39, 0.29) is 11.4 Å². The van der Waals surface area contributed by atoms with Gasteiger partial charge in [-0.15, -0.1) is 10.2 Å². The van der Waals surface area contributed by atoms with Crippen molar-refractivity contribution in [3.8, 4) is 0 Å². The number of carbonyl (C=O) groups is 1. The first-order chi connectivity index (χ1) is 12.5. The highest BCUT2D eigenvalue weighted by molar-refractivity contribution is 7.99. The van der Waals surface area contributed by atoms with Crippen molar-refractivity contribution in [2.45, 2.75) is 11.6 Å². The second-order valence-corrected chi connectivity index (χ2v) is 6.52. The number of hydrogen-bond donors (Lipinski definition) is 1. The van der Waals surface area contributed by atoms with Crippen LogP contribution in [0.25, 0.3) is 0 Å². The zero-order valence-electron chi connectivity index (χ0n) is 13.9. The molecule has 3 aromatic rings. The van der Waals surface area contributed by atoms with E-state index in [0.29, 0.717) is 11.6 Å². The molecule has 0 fully saturated rings. The monoisotopic (exact) mass is 374 g/mol. The van der Waals surface area contributed by atoms with Crippen molar-refractivity contribution in [3.63, 3.8) is 0 Å². The molecule has 0 radical (unpaired) electrons. The van der Waals surface area contributed by atoms with Crippen LogP contribution in [-0.2, 0) is 18.3 Å². The Morgan fingerprint density at radius 1 is 1.15 bits per heavy atom. The summed E-state index contributed by atoms with van der Waals surface area (Å²) in [6.45, 7) is 0. The van der Waals surface area contributed by atoms with Gasteiger partial charge in [0.1, 0.15) is 17.5 Å². The lowest BCUT2D eigenvalue weighted by Crippen LogP contribution is -2.15. The van der Waals surface area contributed by atoms with E-state index in [1.165, 1.54) is 11.8 Å². The molecule has 0 unspecified atom stereocenters. The molecule has 0 saturated carbocycles. The fraction of sp³-hybridized carbons (Fsp3) is 0.167. The number of halogens is 2. The van der Waals surface area contributed by atoms with Crippen LogP contribution in [0.3, 0.4) is 0 Å². The van der Waals surface area contributed by atoms with E-state index in [0.717, 1.165) is 29.6 Å². The number of rotatable bonds is 6. The van der Waals surface area contributed by atoms with Crippen LogP contribution in [0, 0.1) is 11.6 Å². The summed E-state index contributed by atoms with van der Waals surface area (Å²) in [5.74, 6) is -0.975. The molecule has 1 heterocycles. The number of carbonyl (C=O) groups excluding carboxylic acids is 1. The highest BCUT2D eigenvalue weighted by atomic mass is 32.2. The number of amides is 1. The molecule has 3 rings (SSSR count). The number of thioether (sulfide) groups is 1. The number of aromatic nitrogens is 3. The topological polar surface area (TPSA) is 59.8 Å². The summed E-state index contributed by atoms with van der Waals surface area (Å²) in [4.78, 5) is 12.0. The molecule has 0 aliphatic heterocycles. The molecule has 26 heavy (non-hydrogen) atoms. The van der Waals surface area contributed by atoms with Crippen molar-refractivity contribution < 1.29 is 13.6 Å². The number of nitrogens with zero attached hydrogens (tertiary/aromatic N) is 3. The number of anilines is 1. The first-order valence-corrected chi connectivity index (χ1v) is 8.81. The van der Waals surface area contributed by atoms with Crippen LogP contribution in [0.1, 0.15) is 11.4 Å². The second-order valence-electron chi connectivity index (χ2n) is 5.58. The van der Waals surface area contributed by atoms with Crippen molar-refractivity contribution in [1.82, 2.24) is 14.8 Å². The molecular formula is C18H16F2N4OS. The van der Waals surface area contributed by atoms with Crippen molar-refractivity contribution in [3.05, 3.63) is 71.6 Å². The van der Waals surface area contributed by atoms with Crippen molar-refractivity contribution in [1.29, 1.82) is 0 Å². The van der Waals surface area contributed by atoms with Gasteiger partial charge < -0.3 is 9.88 Å². The van der Waals surface area contributed by atoms with E-state index >= 15 is 0 Å². The lowest BCUT2D eigenvalue weighted by Gasteiger charge is -2.07.